The summed E-state index contributed by atoms with van der Waals surface area (Å²) in [7, 11) is 0. The number of benzene rings is 1. The Bertz CT molecular complexity index is 571. The fourth-order valence-corrected chi connectivity index (χ4v) is 3.19. The summed E-state index contributed by atoms with van der Waals surface area (Å²) in [4.78, 5) is 25.4. The molecule has 1 saturated heterocycles. The maximum absolute atomic E-state index is 12.0. The summed E-state index contributed by atoms with van der Waals surface area (Å²) in [6.45, 7) is 8.01. The van der Waals surface area contributed by atoms with E-state index in [0.717, 1.165) is 31.2 Å². The van der Waals surface area contributed by atoms with Crippen molar-refractivity contribution in [3.05, 3.63) is 34.4 Å². The minimum absolute atomic E-state index is 0.0420. The van der Waals surface area contributed by atoms with Crippen molar-refractivity contribution >= 4 is 23.4 Å². The third kappa shape index (κ3) is 5.47. The van der Waals surface area contributed by atoms with Gasteiger partial charge < -0.3 is 10.1 Å². The number of amides is 1. The second-order valence-electron chi connectivity index (χ2n) is 6.23. The van der Waals surface area contributed by atoms with Gasteiger partial charge in [0.2, 0.25) is 5.91 Å². The molecule has 1 aromatic carbocycles. The standard InChI is InChI=1S/C16H23N3O4S/c1-16(2,18-7-9-23-10-8-18)12-17-15(20)11-24-14-5-3-13(4-6-14)19(21)22/h3-6H,7-12H2,1-2H3,(H,17,20). The second-order valence-corrected chi connectivity index (χ2v) is 7.28. The lowest BCUT2D eigenvalue weighted by Gasteiger charge is -2.40. The number of non-ortho nitro benzene ring substituents is 1. The summed E-state index contributed by atoms with van der Waals surface area (Å²) in [6, 6.07) is 6.21. The first-order valence-electron chi connectivity index (χ1n) is 7.85. The Morgan fingerprint density at radius 2 is 1.96 bits per heavy atom. The Hall–Kier alpha value is -1.64. The van der Waals surface area contributed by atoms with Crippen LogP contribution in [0.25, 0.3) is 0 Å². The summed E-state index contributed by atoms with van der Waals surface area (Å²) in [5, 5.41) is 13.6. The van der Waals surface area contributed by atoms with Crippen LogP contribution in [0.4, 0.5) is 5.69 Å². The molecule has 1 heterocycles. The molecule has 1 N–H and O–H groups in total. The van der Waals surface area contributed by atoms with Gasteiger partial charge in [-0.15, -0.1) is 11.8 Å². The number of ether oxygens (including phenoxy) is 1. The maximum atomic E-state index is 12.0. The zero-order valence-corrected chi connectivity index (χ0v) is 14.8. The number of carbonyl (C=O) groups excluding carboxylic acids is 1. The number of nitro benzene ring substituents is 1. The zero-order valence-electron chi connectivity index (χ0n) is 14.0. The Kier molecular flexibility index (Phi) is 6.59. The van der Waals surface area contributed by atoms with Crippen molar-refractivity contribution in [1.29, 1.82) is 0 Å². The van der Waals surface area contributed by atoms with Crippen molar-refractivity contribution in [3.8, 4) is 0 Å². The molecule has 0 radical (unpaired) electrons. The van der Waals surface area contributed by atoms with E-state index in [1.165, 1.54) is 23.9 Å². The minimum atomic E-state index is -0.436. The third-order valence-electron chi connectivity index (χ3n) is 4.00. The van der Waals surface area contributed by atoms with E-state index in [1.54, 1.807) is 12.1 Å². The number of carbonyl (C=O) groups is 1. The molecule has 0 bridgehead atoms. The largest absolute Gasteiger partial charge is 0.379 e. The Labute approximate surface area is 145 Å². The summed E-state index contributed by atoms with van der Waals surface area (Å²) in [5.41, 5.74) is -0.0617. The number of nitro groups is 1. The summed E-state index contributed by atoms with van der Waals surface area (Å²) < 4.78 is 5.36. The van der Waals surface area contributed by atoms with E-state index in [1.807, 2.05) is 0 Å². The van der Waals surface area contributed by atoms with E-state index in [-0.39, 0.29) is 22.9 Å². The third-order valence-corrected chi connectivity index (χ3v) is 5.01. The normalized spacial score (nSPS) is 15.9. The molecule has 132 valence electrons. The fraction of sp³-hybridized carbons (Fsp3) is 0.562. The molecule has 1 aromatic rings. The summed E-state index contributed by atoms with van der Waals surface area (Å²) >= 11 is 1.37. The molecule has 0 unspecified atom stereocenters. The van der Waals surface area contributed by atoms with Gasteiger partial charge in [-0.05, 0) is 26.0 Å². The number of rotatable bonds is 7. The SMILES string of the molecule is CC(C)(CNC(=O)CSc1ccc([N+](=O)[O-])cc1)N1CCOCC1. The second kappa shape index (κ2) is 8.46. The highest BCUT2D eigenvalue weighted by atomic mass is 32.2. The molecular formula is C16H23N3O4S. The van der Waals surface area contributed by atoms with Gasteiger partial charge in [-0.25, -0.2) is 0 Å². The minimum Gasteiger partial charge on any atom is -0.379 e. The molecule has 24 heavy (non-hydrogen) atoms. The van der Waals surface area contributed by atoms with Crippen LogP contribution in [-0.4, -0.2) is 59.9 Å². The topological polar surface area (TPSA) is 84.7 Å². The summed E-state index contributed by atoms with van der Waals surface area (Å²) in [5.74, 6) is 0.247. The van der Waals surface area contributed by atoms with Crippen LogP contribution in [0.3, 0.4) is 0 Å². The predicted molar refractivity (Wildman–Crippen MR) is 93.3 cm³/mol. The Morgan fingerprint density at radius 1 is 1.33 bits per heavy atom. The molecule has 0 aliphatic carbocycles. The number of nitrogens with zero attached hydrogens (tertiary/aromatic N) is 2. The van der Waals surface area contributed by atoms with Gasteiger partial charge in [-0.3, -0.25) is 19.8 Å². The molecule has 0 spiro atoms. The van der Waals surface area contributed by atoms with E-state index < -0.39 is 4.92 Å². The number of morpholine rings is 1. The number of thioether (sulfide) groups is 1. The summed E-state index contributed by atoms with van der Waals surface area (Å²) in [6.07, 6.45) is 0. The zero-order chi connectivity index (χ0) is 17.6. The Balaban J connectivity index is 1.75. The lowest BCUT2D eigenvalue weighted by molar-refractivity contribution is -0.384. The lowest BCUT2D eigenvalue weighted by atomic mass is 10.0. The van der Waals surface area contributed by atoms with Crippen molar-refractivity contribution in [2.45, 2.75) is 24.3 Å². The van der Waals surface area contributed by atoms with Crippen molar-refractivity contribution < 1.29 is 14.5 Å². The average molecular weight is 353 g/mol. The molecule has 8 heteroatoms. The highest BCUT2D eigenvalue weighted by Crippen LogP contribution is 2.21. The van der Waals surface area contributed by atoms with Gasteiger partial charge in [0.1, 0.15) is 0 Å². The van der Waals surface area contributed by atoms with E-state index >= 15 is 0 Å². The molecule has 0 saturated carbocycles. The number of hydrogen-bond acceptors (Lipinski definition) is 6. The molecule has 2 rings (SSSR count). The van der Waals surface area contributed by atoms with Crippen molar-refractivity contribution in [2.24, 2.45) is 0 Å². The van der Waals surface area contributed by atoms with Crippen LogP contribution in [-0.2, 0) is 9.53 Å². The van der Waals surface area contributed by atoms with Crippen LogP contribution < -0.4 is 5.32 Å². The van der Waals surface area contributed by atoms with Gasteiger partial charge in [-0.1, -0.05) is 0 Å². The Morgan fingerprint density at radius 3 is 2.54 bits per heavy atom. The van der Waals surface area contributed by atoms with Crippen molar-refractivity contribution in [2.75, 3.05) is 38.6 Å². The van der Waals surface area contributed by atoms with Crippen LogP contribution in [0, 0.1) is 10.1 Å². The monoisotopic (exact) mass is 353 g/mol. The molecule has 1 amide bonds. The molecule has 0 atom stereocenters. The van der Waals surface area contributed by atoms with Gasteiger partial charge in [0.25, 0.3) is 5.69 Å². The quantitative estimate of drug-likeness (QED) is 0.458. The van der Waals surface area contributed by atoms with Gasteiger partial charge in [0.05, 0.1) is 23.9 Å². The van der Waals surface area contributed by atoms with Gasteiger partial charge in [-0.2, -0.15) is 0 Å². The van der Waals surface area contributed by atoms with Gasteiger partial charge >= 0.3 is 0 Å². The molecule has 1 aliphatic rings. The molecule has 1 fully saturated rings. The van der Waals surface area contributed by atoms with Crippen LogP contribution in [0.2, 0.25) is 0 Å². The van der Waals surface area contributed by atoms with Crippen LogP contribution in [0.15, 0.2) is 29.2 Å². The first kappa shape index (κ1) is 18.7. The molecule has 7 nitrogen and oxygen atoms in total. The molecule has 1 aliphatic heterocycles. The maximum Gasteiger partial charge on any atom is 0.269 e. The molecule has 0 aromatic heterocycles. The highest BCUT2D eigenvalue weighted by Gasteiger charge is 2.28. The lowest BCUT2D eigenvalue weighted by Crippen LogP contribution is -2.55. The first-order valence-corrected chi connectivity index (χ1v) is 8.84. The highest BCUT2D eigenvalue weighted by molar-refractivity contribution is 8.00. The van der Waals surface area contributed by atoms with Crippen LogP contribution >= 0.6 is 11.8 Å². The van der Waals surface area contributed by atoms with Crippen molar-refractivity contribution in [1.82, 2.24) is 10.2 Å². The fourth-order valence-electron chi connectivity index (χ4n) is 2.46. The number of hydrogen-bond donors (Lipinski definition) is 1. The smallest absolute Gasteiger partial charge is 0.269 e. The number of nitrogens with one attached hydrogen (secondary N) is 1. The predicted octanol–water partition coefficient (Wildman–Crippen LogP) is 1.91. The molecular weight excluding hydrogens is 330 g/mol. The van der Waals surface area contributed by atoms with Gasteiger partial charge in [0, 0.05) is 42.2 Å². The van der Waals surface area contributed by atoms with Crippen LogP contribution in [0.1, 0.15) is 13.8 Å². The van der Waals surface area contributed by atoms with Crippen LogP contribution in [0.5, 0.6) is 0 Å². The first-order chi connectivity index (χ1) is 11.4. The van der Waals surface area contributed by atoms with E-state index in [4.69, 9.17) is 4.74 Å². The van der Waals surface area contributed by atoms with E-state index in [2.05, 4.69) is 24.1 Å². The average Bonchev–Trinajstić information content (AvgIpc) is 2.59. The van der Waals surface area contributed by atoms with E-state index in [0.29, 0.717) is 6.54 Å². The van der Waals surface area contributed by atoms with E-state index in [9.17, 15) is 14.9 Å². The van der Waals surface area contributed by atoms with Crippen molar-refractivity contribution in [3.63, 3.8) is 0 Å². The van der Waals surface area contributed by atoms with Gasteiger partial charge in [0.15, 0.2) is 0 Å².